The van der Waals surface area contributed by atoms with Crippen molar-refractivity contribution in [3.8, 4) is 0 Å². The van der Waals surface area contributed by atoms with Crippen LogP contribution in [0.2, 0.25) is 5.04 Å². The van der Waals surface area contributed by atoms with Crippen molar-refractivity contribution in [3.63, 3.8) is 0 Å². The Hall–Kier alpha value is -2.73. The minimum absolute atomic E-state index is 0.0943. The molecular weight excluding hydrogens is 474 g/mol. The molecule has 0 aliphatic carbocycles. The number of ether oxygens (including phenoxy) is 1. The Morgan fingerprint density at radius 3 is 2.03 bits per heavy atom. The maximum absolute atomic E-state index is 13.9. The molecule has 5 heteroatoms. The van der Waals surface area contributed by atoms with E-state index >= 15 is 0 Å². The molecule has 0 saturated carbocycles. The van der Waals surface area contributed by atoms with Crippen LogP contribution in [0.15, 0.2) is 84.9 Å². The van der Waals surface area contributed by atoms with Gasteiger partial charge in [0.15, 0.2) is 6.23 Å². The molecule has 3 atom stereocenters. The van der Waals surface area contributed by atoms with E-state index in [0.717, 1.165) is 24.1 Å². The molecule has 0 N–H and O–H groups in total. The van der Waals surface area contributed by atoms with Crippen molar-refractivity contribution in [1.29, 1.82) is 0 Å². The third-order valence-corrected chi connectivity index (χ3v) is 12.6. The fourth-order valence-electron chi connectivity index (χ4n) is 5.67. The van der Waals surface area contributed by atoms with Crippen LogP contribution in [0.25, 0.3) is 0 Å². The summed E-state index contributed by atoms with van der Waals surface area (Å²) in [7, 11) is -2.81. The number of rotatable bonds is 8. The molecule has 0 spiro atoms. The second-order valence-corrected chi connectivity index (χ2v) is 15.5. The second-order valence-electron chi connectivity index (χ2n) is 11.2. The maximum atomic E-state index is 13.9. The molecule has 0 unspecified atom stereocenters. The van der Waals surface area contributed by atoms with Crippen molar-refractivity contribution in [2.24, 2.45) is 5.92 Å². The smallest absolute Gasteiger partial charge is 0.261 e. The van der Waals surface area contributed by atoms with Gasteiger partial charge in [0.1, 0.15) is 0 Å². The number of hydrogen-bond donors (Lipinski definition) is 0. The van der Waals surface area contributed by atoms with E-state index < -0.39 is 14.5 Å². The van der Waals surface area contributed by atoms with Crippen molar-refractivity contribution < 1.29 is 14.0 Å². The molecule has 0 fully saturated rings. The number of hydrogen-bond acceptors (Lipinski definition) is 3. The minimum Gasteiger partial charge on any atom is -0.400 e. The van der Waals surface area contributed by atoms with E-state index in [9.17, 15) is 4.79 Å². The first kappa shape index (κ1) is 27.3. The van der Waals surface area contributed by atoms with Gasteiger partial charge in [-0.1, -0.05) is 120 Å². The predicted molar refractivity (Wildman–Crippen MR) is 155 cm³/mol. The molecule has 1 aliphatic rings. The Kier molecular flexibility index (Phi) is 8.37. The Labute approximate surface area is 223 Å². The zero-order valence-corrected chi connectivity index (χ0v) is 24.1. The molecule has 0 aromatic heterocycles. The number of fused-ring (bicyclic) bond motifs is 1. The quantitative estimate of drug-likeness (QED) is 0.332. The van der Waals surface area contributed by atoms with E-state index in [1.54, 1.807) is 0 Å². The van der Waals surface area contributed by atoms with Gasteiger partial charge in [-0.2, -0.15) is 0 Å². The summed E-state index contributed by atoms with van der Waals surface area (Å²) in [6.07, 6.45) is 0.941. The van der Waals surface area contributed by atoms with Crippen LogP contribution in [0.3, 0.4) is 0 Å². The molecule has 3 aromatic carbocycles. The SMILES string of the molecule is CCC[C@@H](C)C(=O)N1c2ccccc2CO[C@@H]1[C@H](C)O[Si](c1ccccc1)(c1ccccc1)C(C)(C)C. The van der Waals surface area contributed by atoms with E-state index in [0.29, 0.717) is 6.61 Å². The van der Waals surface area contributed by atoms with Crippen molar-refractivity contribution in [2.45, 2.75) is 78.4 Å². The monoisotopic (exact) mass is 515 g/mol. The van der Waals surface area contributed by atoms with E-state index in [4.69, 9.17) is 9.16 Å². The molecule has 196 valence electrons. The average molecular weight is 516 g/mol. The number of nitrogens with zero attached hydrogens (tertiary/aromatic N) is 1. The third-order valence-electron chi connectivity index (χ3n) is 7.48. The highest BCUT2D eigenvalue weighted by atomic mass is 28.4. The summed E-state index contributed by atoms with van der Waals surface area (Å²) in [6.45, 7) is 13.5. The fraction of sp³-hybridized carbons (Fsp3) is 0.406. The van der Waals surface area contributed by atoms with Crippen LogP contribution in [-0.2, 0) is 20.6 Å². The van der Waals surface area contributed by atoms with Crippen molar-refractivity contribution >= 4 is 30.3 Å². The van der Waals surface area contributed by atoms with Crippen molar-refractivity contribution in [3.05, 3.63) is 90.5 Å². The van der Waals surface area contributed by atoms with Crippen LogP contribution in [0, 0.1) is 5.92 Å². The average Bonchev–Trinajstić information content (AvgIpc) is 2.91. The minimum atomic E-state index is -2.81. The van der Waals surface area contributed by atoms with Gasteiger partial charge >= 0.3 is 0 Å². The molecule has 0 saturated heterocycles. The van der Waals surface area contributed by atoms with Gasteiger partial charge in [0.25, 0.3) is 8.32 Å². The lowest BCUT2D eigenvalue weighted by atomic mass is 10.0. The van der Waals surface area contributed by atoms with Gasteiger partial charge in [-0.05, 0) is 34.8 Å². The number of carbonyl (C=O) groups is 1. The number of amides is 1. The highest BCUT2D eigenvalue weighted by Crippen LogP contribution is 2.40. The lowest BCUT2D eigenvalue weighted by Crippen LogP contribution is -2.69. The lowest BCUT2D eigenvalue weighted by molar-refractivity contribution is -0.128. The van der Waals surface area contributed by atoms with Crippen LogP contribution in [0.4, 0.5) is 5.69 Å². The summed E-state index contributed by atoms with van der Waals surface area (Å²) in [6, 6.07) is 29.3. The van der Waals surface area contributed by atoms with Crippen LogP contribution >= 0.6 is 0 Å². The van der Waals surface area contributed by atoms with Gasteiger partial charge in [-0.25, -0.2) is 0 Å². The molecular formula is C32H41NO3Si. The van der Waals surface area contributed by atoms with E-state index in [-0.39, 0.29) is 23.0 Å². The summed E-state index contributed by atoms with van der Waals surface area (Å²) in [4.78, 5) is 15.7. The topological polar surface area (TPSA) is 38.8 Å². The van der Waals surface area contributed by atoms with Gasteiger partial charge < -0.3 is 9.16 Å². The molecule has 4 nitrogen and oxygen atoms in total. The van der Waals surface area contributed by atoms with Gasteiger partial charge in [0, 0.05) is 11.5 Å². The zero-order chi connectivity index (χ0) is 26.6. The Bertz CT molecular complexity index is 1140. The summed E-state index contributed by atoms with van der Waals surface area (Å²) in [5.41, 5.74) is 1.97. The molecule has 1 heterocycles. The maximum Gasteiger partial charge on any atom is 0.261 e. The molecule has 0 radical (unpaired) electrons. The molecule has 0 bridgehead atoms. The first-order chi connectivity index (χ1) is 17.7. The number of anilines is 1. The molecule has 37 heavy (non-hydrogen) atoms. The van der Waals surface area contributed by atoms with E-state index in [2.05, 4.69) is 95.3 Å². The number of para-hydroxylation sites is 1. The predicted octanol–water partition coefficient (Wildman–Crippen LogP) is 6.28. The molecule has 3 aromatic rings. The Balaban J connectivity index is 1.81. The van der Waals surface area contributed by atoms with E-state index in [1.165, 1.54) is 10.4 Å². The number of carbonyl (C=O) groups excluding carboxylic acids is 1. The summed E-state index contributed by atoms with van der Waals surface area (Å²) >= 11 is 0. The normalized spacial score (nSPS) is 17.7. The third kappa shape index (κ3) is 5.31. The second kappa shape index (κ2) is 11.3. The molecule has 4 rings (SSSR count). The summed E-state index contributed by atoms with van der Waals surface area (Å²) in [5, 5.41) is 2.27. The van der Waals surface area contributed by atoms with Crippen LogP contribution in [-0.4, -0.2) is 26.6 Å². The molecule has 1 aliphatic heterocycles. The van der Waals surface area contributed by atoms with E-state index in [1.807, 2.05) is 36.1 Å². The molecule has 1 amide bonds. The first-order valence-corrected chi connectivity index (χ1v) is 15.4. The fourth-order valence-corrected chi connectivity index (χ4v) is 10.4. The van der Waals surface area contributed by atoms with Gasteiger partial charge in [-0.15, -0.1) is 0 Å². The Morgan fingerprint density at radius 1 is 0.946 bits per heavy atom. The largest absolute Gasteiger partial charge is 0.400 e. The number of benzene rings is 3. The Morgan fingerprint density at radius 2 is 1.49 bits per heavy atom. The van der Waals surface area contributed by atoms with Crippen molar-refractivity contribution in [2.75, 3.05) is 4.90 Å². The summed E-state index contributed by atoms with van der Waals surface area (Å²) in [5.74, 6) is -0.000724. The first-order valence-electron chi connectivity index (χ1n) is 13.5. The zero-order valence-electron chi connectivity index (χ0n) is 23.1. The van der Waals surface area contributed by atoms with Crippen LogP contribution in [0.5, 0.6) is 0 Å². The van der Waals surface area contributed by atoms with Crippen molar-refractivity contribution in [1.82, 2.24) is 0 Å². The lowest BCUT2D eigenvalue weighted by Gasteiger charge is -2.48. The van der Waals surface area contributed by atoms with Gasteiger partial charge in [-0.3, -0.25) is 9.69 Å². The standard InChI is InChI=1S/C32H41NO3Si/c1-7-16-24(2)30(34)33-29-22-15-14-17-26(29)23-35-31(33)25(3)36-37(32(4,5)6,27-18-10-8-11-19-27)28-20-12-9-13-21-28/h8-15,17-22,24-25,31H,7,16,23H2,1-6H3/t24-,25+,31-/m1/s1. The highest BCUT2D eigenvalue weighted by Gasteiger charge is 2.52. The highest BCUT2D eigenvalue weighted by molar-refractivity contribution is 6.99. The summed E-state index contributed by atoms with van der Waals surface area (Å²) < 4.78 is 13.8. The van der Waals surface area contributed by atoms with Crippen LogP contribution < -0.4 is 15.3 Å². The van der Waals surface area contributed by atoms with Crippen LogP contribution in [0.1, 0.15) is 59.9 Å². The van der Waals surface area contributed by atoms with Gasteiger partial charge in [0.2, 0.25) is 5.91 Å². The van der Waals surface area contributed by atoms with Gasteiger partial charge in [0.05, 0.1) is 18.4 Å².